The highest BCUT2D eigenvalue weighted by molar-refractivity contribution is 7.13. The van der Waals surface area contributed by atoms with E-state index in [9.17, 15) is 4.79 Å². The fourth-order valence-corrected chi connectivity index (χ4v) is 4.26. The number of nitrogens with zero attached hydrogens (tertiary/aromatic N) is 4. The molecule has 152 valence electrons. The summed E-state index contributed by atoms with van der Waals surface area (Å²) in [6.07, 6.45) is 0. The lowest BCUT2D eigenvalue weighted by Crippen LogP contribution is -2.52. The Morgan fingerprint density at radius 2 is 2.00 bits per heavy atom. The quantitative estimate of drug-likeness (QED) is 0.671. The summed E-state index contributed by atoms with van der Waals surface area (Å²) in [5.74, 6) is 0.331. The van der Waals surface area contributed by atoms with Gasteiger partial charge in [0.25, 0.3) is 0 Å². The summed E-state index contributed by atoms with van der Waals surface area (Å²) in [6.45, 7) is 8.12. The first-order valence-corrected chi connectivity index (χ1v) is 10.7. The summed E-state index contributed by atoms with van der Waals surface area (Å²) in [7, 11) is 0. The lowest BCUT2D eigenvalue weighted by molar-refractivity contribution is -0.121. The monoisotopic (exact) mass is 411 g/mol. The molecule has 1 aromatic carbocycles. The number of anilines is 1. The Morgan fingerprint density at radius 1 is 1.24 bits per heavy atom. The van der Waals surface area contributed by atoms with E-state index in [1.54, 1.807) is 17.4 Å². The largest absolute Gasteiger partial charge is 0.338 e. The van der Waals surface area contributed by atoms with Crippen molar-refractivity contribution in [2.24, 2.45) is 0 Å². The molecule has 3 heterocycles. The molecule has 1 unspecified atom stereocenters. The van der Waals surface area contributed by atoms with E-state index in [0.717, 1.165) is 54.7 Å². The second-order valence-electron chi connectivity index (χ2n) is 7.32. The number of thiazole rings is 1. The summed E-state index contributed by atoms with van der Waals surface area (Å²) in [5, 5.41) is 9.80. The third-order valence-electron chi connectivity index (χ3n) is 5.17. The maximum Gasteiger partial charge on any atom is 0.243 e. The van der Waals surface area contributed by atoms with Crippen LogP contribution in [0.15, 0.2) is 46.3 Å². The van der Waals surface area contributed by atoms with Crippen molar-refractivity contribution in [1.82, 2.24) is 19.9 Å². The van der Waals surface area contributed by atoms with Crippen LogP contribution >= 0.6 is 11.3 Å². The zero-order chi connectivity index (χ0) is 20.2. The van der Waals surface area contributed by atoms with Crippen molar-refractivity contribution >= 4 is 23.1 Å². The van der Waals surface area contributed by atoms with Gasteiger partial charge in [0.05, 0.1) is 17.4 Å². The van der Waals surface area contributed by atoms with Crippen LogP contribution in [0.3, 0.4) is 0 Å². The van der Waals surface area contributed by atoms with Gasteiger partial charge in [-0.15, -0.1) is 11.3 Å². The molecule has 0 saturated carbocycles. The van der Waals surface area contributed by atoms with Gasteiger partial charge >= 0.3 is 0 Å². The van der Waals surface area contributed by atoms with E-state index in [4.69, 9.17) is 9.51 Å². The smallest absolute Gasteiger partial charge is 0.243 e. The third kappa shape index (κ3) is 4.90. The molecule has 1 aliphatic rings. The van der Waals surface area contributed by atoms with Gasteiger partial charge in [-0.25, -0.2) is 4.98 Å². The molecule has 0 radical (unpaired) electrons. The number of aromatic nitrogens is 2. The number of hydrogen-bond donors (Lipinski definition) is 1. The molecule has 0 aliphatic carbocycles. The maximum atomic E-state index is 12.5. The Morgan fingerprint density at radius 3 is 2.69 bits per heavy atom. The Bertz CT molecular complexity index is 947. The molecule has 8 heteroatoms. The van der Waals surface area contributed by atoms with E-state index in [1.165, 1.54) is 0 Å². The molecule has 1 fully saturated rings. The number of benzene rings is 1. The van der Waals surface area contributed by atoms with Gasteiger partial charge in [-0.05, 0) is 13.8 Å². The van der Waals surface area contributed by atoms with Crippen molar-refractivity contribution in [3.63, 3.8) is 0 Å². The molecule has 3 aromatic rings. The van der Waals surface area contributed by atoms with Gasteiger partial charge in [0.15, 0.2) is 0 Å². The van der Waals surface area contributed by atoms with Crippen molar-refractivity contribution in [2.75, 3.05) is 31.5 Å². The topological polar surface area (TPSA) is 74.5 Å². The van der Waals surface area contributed by atoms with Crippen molar-refractivity contribution in [2.45, 2.75) is 26.4 Å². The Hall–Kier alpha value is -2.55. The van der Waals surface area contributed by atoms with Crippen LogP contribution in [0.4, 0.5) is 5.88 Å². The van der Waals surface area contributed by atoms with Gasteiger partial charge in [0, 0.05) is 49.7 Å². The summed E-state index contributed by atoms with van der Waals surface area (Å²) in [4.78, 5) is 21.9. The van der Waals surface area contributed by atoms with Gasteiger partial charge in [-0.2, -0.15) is 0 Å². The molecule has 1 aliphatic heterocycles. The fraction of sp³-hybridized carbons (Fsp3) is 0.381. The maximum absolute atomic E-state index is 12.5. The van der Waals surface area contributed by atoms with Crippen LogP contribution in [0, 0.1) is 6.92 Å². The second-order valence-corrected chi connectivity index (χ2v) is 8.18. The minimum absolute atomic E-state index is 0.0680. The van der Waals surface area contributed by atoms with Crippen LogP contribution in [-0.2, 0) is 11.3 Å². The first-order chi connectivity index (χ1) is 14.1. The van der Waals surface area contributed by atoms with Crippen LogP contribution in [-0.4, -0.2) is 58.1 Å². The highest BCUT2D eigenvalue weighted by Gasteiger charge is 2.26. The van der Waals surface area contributed by atoms with Crippen LogP contribution in [0.1, 0.15) is 18.3 Å². The number of hydrogen-bond acceptors (Lipinski definition) is 7. The molecule has 2 aromatic heterocycles. The number of amides is 1. The normalized spacial score (nSPS) is 16.6. The lowest BCUT2D eigenvalue weighted by Gasteiger charge is -2.37. The Labute approximate surface area is 174 Å². The Kier molecular flexibility index (Phi) is 6.03. The molecule has 1 N–H and O–H groups in total. The van der Waals surface area contributed by atoms with E-state index < -0.39 is 0 Å². The lowest BCUT2D eigenvalue weighted by atomic mass is 10.2. The number of nitrogens with one attached hydrogen (secondary N) is 1. The van der Waals surface area contributed by atoms with Crippen LogP contribution in [0.2, 0.25) is 0 Å². The van der Waals surface area contributed by atoms with E-state index in [-0.39, 0.29) is 11.9 Å². The predicted octanol–water partition coefficient (Wildman–Crippen LogP) is 3.25. The molecule has 1 amide bonds. The number of piperazine rings is 1. The molecule has 1 atom stereocenters. The van der Waals surface area contributed by atoms with E-state index in [0.29, 0.717) is 5.88 Å². The van der Waals surface area contributed by atoms with E-state index in [1.807, 2.05) is 32.0 Å². The molecular weight excluding hydrogens is 386 g/mol. The average Bonchev–Trinajstić information content (AvgIpc) is 3.37. The van der Waals surface area contributed by atoms with Crippen LogP contribution in [0.25, 0.3) is 10.6 Å². The summed E-state index contributed by atoms with van der Waals surface area (Å²) < 4.78 is 5.08. The van der Waals surface area contributed by atoms with Crippen molar-refractivity contribution in [1.29, 1.82) is 0 Å². The number of aryl methyl sites for hydroxylation is 1. The highest BCUT2D eigenvalue weighted by Crippen LogP contribution is 2.24. The minimum atomic E-state index is -0.216. The van der Waals surface area contributed by atoms with Gasteiger partial charge in [0.1, 0.15) is 5.01 Å². The standard InChI is InChI=1S/C21H25N5O2S/c1-15-12-19(28-24-15)23-20(27)16(2)26-10-8-25(9-11-26)13-18-14-29-21(22-18)17-6-4-3-5-7-17/h3-7,12,14,16H,8-11,13H2,1-2H3,(H,23,27). The molecule has 4 rings (SSSR count). The molecule has 29 heavy (non-hydrogen) atoms. The van der Waals surface area contributed by atoms with Gasteiger partial charge in [-0.3, -0.25) is 19.9 Å². The van der Waals surface area contributed by atoms with Gasteiger partial charge in [0.2, 0.25) is 11.8 Å². The highest BCUT2D eigenvalue weighted by atomic mass is 32.1. The molecule has 0 bridgehead atoms. The third-order valence-corrected chi connectivity index (χ3v) is 6.11. The van der Waals surface area contributed by atoms with Crippen molar-refractivity contribution in [3.8, 4) is 10.6 Å². The Balaban J connectivity index is 1.27. The second kappa shape index (κ2) is 8.86. The first kappa shape index (κ1) is 19.8. The zero-order valence-corrected chi connectivity index (χ0v) is 17.5. The zero-order valence-electron chi connectivity index (χ0n) is 16.7. The predicted molar refractivity (Wildman–Crippen MR) is 114 cm³/mol. The molecule has 0 spiro atoms. The van der Waals surface area contributed by atoms with Crippen LogP contribution < -0.4 is 5.32 Å². The van der Waals surface area contributed by atoms with Crippen molar-refractivity contribution in [3.05, 3.63) is 53.2 Å². The number of rotatable bonds is 6. The fourth-order valence-electron chi connectivity index (χ4n) is 3.44. The summed E-state index contributed by atoms with van der Waals surface area (Å²) in [5.41, 5.74) is 3.02. The van der Waals surface area contributed by atoms with Gasteiger partial charge < -0.3 is 4.52 Å². The number of carbonyl (C=O) groups excluding carboxylic acids is 1. The minimum Gasteiger partial charge on any atom is -0.338 e. The molecule has 1 saturated heterocycles. The van der Waals surface area contributed by atoms with Crippen molar-refractivity contribution < 1.29 is 9.32 Å². The van der Waals surface area contributed by atoms with E-state index in [2.05, 4.69) is 37.8 Å². The molecule has 7 nitrogen and oxygen atoms in total. The first-order valence-electron chi connectivity index (χ1n) is 9.79. The number of carbonyl (C=O) groups is 1. The SMILES string of the molecule is Cc1cc(NC(=O)C(C)N2CCN(Cc3csc(-c4ccccc4)n3)CC2)on1. The van der Waals surface area contributed by atoms with Gasteiger partial charge in [-0.1, -0.05) is 35.5 Å². The summed E-state index contributed by atoms with van der Waals surface area (Å²) in [6, 6.07) is 11.8. The van der Waals surface area contributed by atoms with Crippen LogP contribution in [0.5, 0.6) is 0 Å². The summed E-state index contributed by atoms with van der Waals surface area (Å²) >= 11 is 1.69. The molecular formula is C21H25N5O2S. The average molecular weight is 412 g/mol. The van der Waals surface area contributed by atoms with E-state index >= 15 is 0 Å².